The van der Waals surface area contributed by atoms with Gasteiger partial charge in [-0.25, -0.2) is 9.78 Å². The first-order chi connectivity index (χ1) is 10.1. The van der Waals surface area contributed by atoms with E-state index < -0.39 is 5.97 Å². The van der Waals surface area contributed by atoms with E-state index in [1.807, 2.05) is 19.3 Å². The average Bonchev–Trinajstić information content (AvgIpc) is 2.89. The van der Waals surface area contributed by atoms with Crippen LogP contribution in [0.2, 0.25) is 0 Å². The number of aromatic nitrogens is 3. The van der Waals surface area contributed by atoms with E-state index >= 15 is 0 Å². The normalized spacial score (nSPS) is 10.7. The maximum absolute atomic E-state index is 11.4. The Balaban J connectivity index is 1.93. The third-order valence-corrected chi connectivity index (χ3v) is 3.18. The van der Waals surface area contributed by atoms with Crippen molar-refractivity contribution in [2.75, 3.05) is 5.32 Å². The van der Waals surface area contributed by atoms with Crippen LogP contribution in [0.4, 0.5) is 5.82 Å². The quantitative estimate of drug-likeness (QED) is 0.767. The highest BCUT2D eigenvalue weighted by atomic mass is 16.4. The Kier molecular flexibility index (Phi) is 3.27. The van der Waals surface area contributed by atoms with Crippen LogP contribution in [-0.4, -0.2) is 25.8 Å². The van der Waals surface area contributed by atoms with Crippen LogP contribution in [0.5, 0.6) is 0 Å². The molecule has 0 aliphatic rings. The predicted octanol–water partition coefficient (Wildman–Crippen LogP) is 2.28. The minimum absolute atomic E-state index is 0.245. The molecule has 0 atom stereocenters. The maximum Gasteiger partial charge on any atom is 0.336 e. The second kappa shape index (κ2) is 5.24. The molecule has 106 valence electrons. The van der Waals surface area contributed by atoms with Crippen molar-refractivity contribution in [1.82, 2.24) is 14.8 Å². The van der Waals surface area contributed by atoms with Crippen LogP contribution >= 0.6 is 0 Å². The van der Waals surface area contributed by atoms with E-state index in [0.717, 1.165) is 5.56 Å². The number of rotatable bonds is 4. The Morgan fingerprint density at radius 3 is 2.90 bits per heavy atom. The second-order valence-electron chi connectivity index (χ2n) is 4.75. The molecule has 2 heterocycles. The highest BCUT2D eigenvalue weighted by molar-refractivity contribution is 6.03. The summed E-state index contributed by atoms with van der Waals surface area (Å²) in [5.41, 5.74) is 1.91. The molecule has 0 radical (unpaired) electrons. The van der Waals surface area contributed by atoms with Gasteiger partial charge in [-0.15, -0.1) is 0 Å². The zero-order chi connectivity index (χ0) is 14.8. The second-order valence-corrected chi connectivity index (χ2v) is 4.75. The molecule has 0 bridgehead atoms. The summed E-state index contributed by atoms with van der Waals surface area (Å²) < 4.78 is 1.72. The molecule has 0 aliphatic carbocycles. The molecule has 0 unspecified atom stereocenters. The smallest absolute Gasteiger partial charge is 0.336 e. The van der Waals surface area contributed by atoms with Gasteiger partial charge in [0.25, 0.3) is 0 Å². The summed E-state index contributed by atoms with van der Waals surface area (Å²) in [4.78, 5) is 15.8. The number of carboxylic acid groups (broad SMARTS) is 1. The Labute approximate surface area is 121 Å². The van der Waals surface area contributed by atoms with Crippen LogP contribution in [0.1, 0.15) is 15.9 Å². The summed E-state index contributed by atoms with van der Waals surface area (Å²) in [7, 11) is 1.85. The van der Waals surface area contributed by atoms with Gasteiger partial charge < -0.3 is 10.4 Å². The standard InChI is InChI=1S/C15H14N4O2/c1-19-9-10(8-17-19)7-16-14-6-12(15(20)21)11-4-2-3-5-13(11)18-14/h2-6,8-9H,7H2,1H3,(H,16,18)(H,20,21). The van der Waals surface area contributed by atoms with Gasteiger partial charge in [0.1, 0.15) is 5.82 Å². The number of aromatic carboxylic acids is 1. The molecule has 2 aromatic heterocycles. The monoisotopic (exact) mass is 282 g/mol. The van der Waals surface area contributed by atoms with Crippen molar-refractivity contribution in [3.8, 4) is 0 Å². The molecule has 0 amide bonds. The Bertz CT molecular complexity index is 810. The summed E-state index contributed by atoms with van der Waals surface area (Å²) in [6, 6.07) is 8.76. The lowest BCUT2D eigenvalue weighted by Crippen LogP contribution is -2.05. The van der Waals surface area contributed by atoms with Crippen molar-refractivity contribution in [1.29, 1.82) is 0 Å². The Morgan fingerprint density at radius 1 is 1.38 bits per heavy atom. The molecule has 0 saturated carbocycles. The maximum atomic E-state index is 11.4. The zero-order valence-electron chi connectivity index (χ0n) is 11.4. The first kappa shape index (κ1) is 13.1. The largest absolute Gasteiger partial charge is 0.478 e. The fourth-order valence-corrected chi connectivity index (χ4v) is 2.20. The number of fused-ring (bicyclic) bond motifs is 1. The lowest BCUT2D eigenvalue weighted by atomic mass is 10.1. The van der Waals surface area contributed by atoms with Crippen LogP contribution in [-0.2, 0) is 13.6 Å². The molecule has 3 rings (SSSR count). The number of carbonyl (C=O) groups is 1. The van der Waals surface area contributed by atoms with E-state index in [1.165, 1.54) is 0 Å². The molecule has 3 aromatic rings. The first-order valence-corrected chi connectivity index (χ1v) is 6.48. The number of hydrogen-bond acceptors (Lipinski definition) is 4. The topological polar surface area (TPSA) is 80.0 Å². The minimum atomic E-state index is -0.960. The third-order valence-electron chi connectivity index (χ3n) is 3.18. The number of nitrogens with one attached hydrogen (secondary N) is 1. The third kappa shape index (κ3) is 2.69. The molecule has 0 fully saturated rings. The van der Waals surface area contributed by atoms with Crippen molar-refractivity contribution < 1.29 is 9.90 Å². The van der Waals surface area contributed by atoms with E-state index in [-0.39, 0.29) is 5.56 Å². The lowest BCUT2D eigenvalue weighted by Gasteiger charge is -2.08. The molecule has 21 heavy (non-hydrogen) atoms. The van der Waals surface area contributed by atoms with Crippen LogP contribution < -0.4 is 5.32 Å². The number of carboxylic acids is 1. The summed E-state index contributed by atoms with van der Waals surface area (Å²) in [5, 5.41) is 17.2. The average molecular weight is 282 g/mol. The summed E-state index contributed by atoms with van der Waals surface area (Å²) in [5.74, 6) is -0.423. The molecule has 6 heteroatoms. The lowest BCUT2D eigenvalue weighted by molar-refractivity contribution is 0.0699. The highest BCUT2D eigenvalue weighted by Crippen LogP contribution is 2.21. The van der Waals surface area contributed by atoms with Crippen molar-refractivity contribution in [3.63, 3.8) is 0 Å². The van der Waals surface area contributed by atoms with Gasteiger partial charge >= 0.3 is 5.97 Å². The van der Waals surface area contributed by atoms with Crippen LogP contribution in [0.3, 0.4) is 0 Å². The van der Waals surface area contributed by atoms with Crippen molar-refractivity contribution in [2.45, 2.75) is 6.54 Å². The number of hydrogen-bond donors (Lipinski definition) is 2. The summed E-state index contributed by atoms with van der Waals surface area (Å²) in [6.07, 6.45) is 3.65. The van der Waals surface area contributed by atoms with Crippen LogP contribution in [0.15, 0.2) is 42.7 Å². The molecule has 1 aromatic carbocycles. The van der Waals surface area contributed by atoms with E-state index in [1.54, 1.807) is 35.1 Å². The van der Waals surface area contributed by atoms with Gasteiger partial charge in [0.15, 0.2) is 0 Å². The highest BCUT2D eigenvalue weighted by Gasteiger charge is 2.11. The van der Waals surface area contributed by atoms with Gasteiger partial charge in [-0.3, -0.25) is 4.68 Å². The number of pyridine rings is 1. The van der Waals surface area contributed by atoms with Crippen molar-refractivity contribution in [2.24, 2.45) is 7.05 Å². The van der Waals surface area contributed by atoms with Gasteiger partial charge in [-0.2, -0.15) is 5.10 Å². The van der Waals surface area contributed by atoms with Crippen LogP contribution in [0.25, 0.3) is 10.9 Å². The molecular weight excluding hydrogens is 268 g/mol. The predicted molar refractivity (Wildman–Crippen MR) is 79.2 cm³/mol. The number of anilines is 1. The molecule has 0 spiro atoms. The summed E-state index contributed by atoms with van der Waals surface area (Å²) >= 11 is 0. The van der Waals surface area contributed by atoms with Crippen molar-refractivity contribution >= 4 is 22.7 Å². The molecule has 6 nitrogen and oxygen atoms in total. The van der Waals surface area contributed by atoms with Gasteiger partial charge in [0.05, 0.1) is 17.3 Å². The van der Waals surface area contributed by atoms with E-state index in [0.29, 0.717) is 23.3 Å². The number of aryl methyl sites for hydroxylation is 1. The zero-order valence-corrected chi connectivity index (χ0v) is 11.4. The Hall–Kier alpha value is -2.89. The first-order valence-electron chi connectivity index (χ1n) is 6.48. The Morgan fingerprint density at radius 2 is 2.19 bits per heavy atom. The fourth-order valence-electron chi connectivity index (χ4n) is 2.20. The minimum Gasteiger partial charge on any atom is -0.478 e. The number of para-hydroxylation sites is 1. The fraction of sp³-hybridized carbons (Fsp3) is 0.133. The van der Waals surface area contributed by atoms with E-state index in [4.69, 9.17) is 0 Å². The van der Waals surface area contributed by atoms with Gasteiger partial charge in [0.2, 0.25) is 0 Å². The van der Waals surface area contributed by atoms with Gasteiger partial charge in [-0.1, -0.05) is 18.2 Å². The number of benzene rings is 1. The van der Waals surface area contributed by atoms with E-state index in [9.17, 15) is 9.90 Å². The summed E-state index contributed by atoms with van der Waals surface area (Å²) in [6.45, 7) is 0.540. The van der Waals surface area contributed by atoms with Crippen LogP contribution in [0, 0.1) is 0 Å². The SMILES string of the molecule is Cn1cc(CNc2cc(C(=O)O)c3ccccc3n2)cn1. The molecule has 2 N–H and O–H groups in total. The number of nitrogens with zero attached hydrogens (tertiary/aromatic N) is 3. The van der Waals surface area contributed by atoms with Gasteiger partial charge in [0, 0.05) is 30.7 Å². The van der Waals surface area contributed by atoms with Crippen molar-refractivity contribution in [3.05, 3.63) is 53.9 Å². The van der Waals surface area contributed by atoms with Gasteiger partial charge in [-0.05, 0) is 12.1 Å². The molecule has 0 saturated heterocycles. The molecule has 0 aliphatic heterocycles. The van der Waals surface area contributed by atoms with E-state index in [2.05, 4.69) is 15.4 Å². The molecular formula is C15H14N4O2.